The van der Waals surface area contributed by atoms with Crippen molar-refractivity contribution in [2.45, 2.75) is 30.2 Å². The summed E-state index contributed by atoms with van der Waals surface area (Å²) in [5.74, 6) is 0.104. The maximum absolute atomic E-state index is 13.4. The number of carbonyl (C=O) groups is 1. The van der Waals surface area contributed by atoms with Gasteiger partial charge in [-0.1, -0.05) is 17.7 Å². The Balaban J connectivity index is 1.80. The summed E-state index contributed by atoms with van der Waals surface area (Å²) >= 11 is 0. The number of carbonyl (C=O) groups excluding carboxylic acids is 1. The van der Waals surface area contributed by atoms with Crippen LogP contribution in [0.1, 0.15) is 11.3 Å². The predicted molar refractivity (Wildman–Crippen MR) is 129 cm³/mol. The Kier molecular flexibility index (Phi) is 6.21. The van der Waals surface area contributed by atoms with Crippen LogP contribution in [0.15, 0.2) is 81.4 Å². The molecular weight excluding hydrogens is 454 g/mol. The average Bonchev–Trinajstić information content (AvgIpc) is 2.82. The molecule has 8 nitrogen and oxygen atoms in total. The molecule has 174 valence electrons. The largest absolute Gasteiger partial charge is 0.497 e. The number of aromatic nitrogens is 2. The van der Waals surface area contributed by atoms with Gasteiger partial charge in [-0.2, -0.15) is 0 Å². The summed E-state index contributed by atoms with van der Waals surface area (Å²) in [7, 11) is -2.69. The molecule has 0 unspecified atom stereocenters. The third-order valence-corrected chi connectivity index (χ3v) is 7.10. The number of hydrogen-bond donors (Lipinski definition) is 1. The van der Waals surface area contributed by atoms with Crippen molar-refractivity contribution in [1.82, 2.24) is 9.55 Å². The van der Waals surface area contributed by atoms with Gasteiger partial charge >= 0.3 is 0 Å². The van der Waals surface area contributed by atoms with E-state index in [0.717, 1.165) is 5.56 Å². The maximum atomic E-state index is 13.4. The Morgan fingerprint density at radius 1 is 1.00 bits per heavy atom. The first-order valence-corrected chi connectivity index (χ1v) is 11.9. The van der Waals surface area contributed by atoms with Gasteiger partial charge in [0.05, 0.1) is 17.4 Å². The molecule has 1 amide bonds. The van der Waals surface area contributed by atoms with Crippen molar-refractivity contribution in [3.05, 3.63) is 88.3 Å². The number of amides is 1. The zero-order valence-electron chi connectivity index (χ0n) is 18.9. The van der Waals surface area contributed by atoms with E-state index < -0.39 is 20.2 Å². The van der Waals surface area contributed by atoms with E-state index in [4.69, 9.17) is 4.74 Å². The van der Waals surface area contributed by atoms with Gasteiger partial charge in [0.15, 0.2) is 0 Å². The molecule has 9 heteroatoms. The Hall–Kier alpha value is -3.98. The average molecular weight is 478 g/mol. The van der Waals surface area contributed by atoms with Crippen molar-refractivity contribution in [2.24, 2.45) is 0 Å². The first kappa shape index (κ1) is 23.2. The summed E-state index contributed by atoms with van der Waals surface area (Å²) < 4.78 is 33.2. The lowest BCUT2D eigenvalue weighted by atomic mass is 10.2. The number of benzene rings is 2. The molecule has 0 radical (unpaired) electrons. The van der Waals surface area contributed by atoms with Crippen LogP contribution in [0.25, 0.3) is 11.0 Å². The van der Waals surface area contributed by atoms with E-state index in [0.29, 0.717) is 17.1 Å². The van der Waals surface area contributed by atoms with Gasteiger partial charge in [0, 0.05) is 17.6 Å². The quantitative estimate of drug-likeness (QED) is 0.456. The highest BCUT2D eigenvalue weighted by atomic mass is 32.2. The molecule has 0 aliphatic rings. The third kappa shape index (κ3) is 4.55. The maximum Gasteiger partial charge on any atom is 0.244 e. The SMILES string of the molecule is COc1ccc(S(=O)(=O)c2cn(CC(=O)Nc3ccc(C)cc3)c3nc(C)ccc3c2=O)cc1. The van der Waals surface area contributed by atoms with Crippen LogP contribution in [0, 0.1) is 13.8 Å². The highest BCUT2D eigenvalue weighted by Gasteiger charge is 2.25. The summed E-state index contributed by atoms with van der Waals surface area (Å²) in [5.41, 5.74) is 1.85. The lowest BCUT2D eigenvalue weighted by molar-refractivity contribution is -0.116. The van der Waals surface area contributed by atoms with Crippen molar-refractivity contribution in [3.63, 3.8) is 0 Å². The van der Waals surface area contributed by atoms with Gasteiger partial charge in [-0.25, -0.2) is 13.4 Å². The van der Waals surface area contributed by atoms with E-state index in [1.165, 1.54) is 48.2 Å². The van der Waals surface area contributed by atoms with E-state index in [9.17, 15) is 18.0 Å². The van der Waals surface area contributed by atoms with E-state index in [2.05, 4.69) is 10.3 Å². The second-order valence-corrected chi connectivity index (χ2v) is 9.79. The molecule has 0 fully saturated rings. The lowest BCUT2D eigenvalue weighted by Crippen LogP contribution is -2.24. The van der Waals surface area contributed by atoms with Crippen LogP contribution in [0.4, 0.5) is 5.69 Å². The summed E-state index contributed by atoms with van der Waals surface area (Å²) in [4.78, 5) is 29.9. The van der Waals surface area contributed by atoms with Crippen molar-refractivity contribution in [3.8, 4) is 5.75 Å². The van der Waals surface area contributed by atoms with Crippen LogP contribution in [0.3, 0.4) is 0 Å². The Labute approximate surface area is 196 Å². The zero-order chi connectivity index (χ0) is 24.5. The number of methoxy groups -OCH3 is 1. The van der Waals surface area contributed by atoms with Crippen LogP contribution < -0.4 is 15.5 Å². The first-order valence-electron chi connectivity index (χ1n) is 10.5. The van der Waals surface area contributed by atoms with Gasteiger partial charge in [0.1, 0.15) is 22.8 Å². The Morgan fingerprint density at radius 3 is 2.32 bits per heavy atom. The number of hydrogen-bond acceptors (Lipinski definition) is 6. The first-order chi connectivity index (χ1) is 16.2. The van der Waals surface area contributed by atoms with E-state index in [-0.39, 0.29) is 28.4 Å². The van der Waals surface area contributed by atoms with Crippen LogP contribution in [0.2, 0.25) is 0 Å². The number of fused-ring (bicyclic) bond motifs is 1. The summed E-state index contributed by atoms with van der Waals surface area (Å²) in [6, 6.07) is 16.2. The van der Waals surface area contributed by atoms with E-state index in [1.807, 2.05) is 19.1 Å². The summed E-state index contributed by atoms with van der Waals surface area (Å²) in [6.45, 7) is 3.46. The molecule has 4 aromatic rings. The molecular formula is C25H23N3O5S. The van der Waals surface area contributed by atoms with Crippen LogP contribution in [0.5, 0.6) is 5.75 Å². The highest BCUT2D eigenvalue weighted by molar-refractivity contribution is 7.91. The minimum absolute atomic E-state index is 0.0551. The molecule has 0 saturated heterocycles. The zero-order valence-corrected chi connectivity index (χ0v) is 19.7. The second-order valence-electron chi connectivity index (χ2n) is 7.87. The molecule has 1 N–H and O–H groups in total. The minimum Gasteiger partial charge on any atom is -0.497 e. The number of sulfone groups is 1. The van der Waals surface area contributed by atoms with Crippen LogP contribution in [-0.2, 0) is 21.2 Å². The number of pyridine rings is 2. The normalized spacial score (nSPS) is 11.4. The van der Waals surface area contributed by atoms with Gasteiger partial charge in [-0.3, -0.25) is 9.59 Å². The third-order valence-electron chi connectivity index (χ3n) is 5.34. The fourth-order valence-corrected chi connectivity index (χ4v) is 4.89. The van der Waals surface area contributed by atoms with Crippen molar-refractivity contribution in [2.75, 3.05) is 12.4 Å². The van der Waals surface area contributed by atoms with Crippen molar-refractivity contribution >= 4 is 32.5 Å². The molecule has 0 bridgehead atoms. The summed E-state index contributed by atoms with van der Waals surface area (Å²) in [5, 5.41) is 2.90. The van der Waals surface area contributed by atoms with Gasteiger partial charge in [-0.05, 0) is 62.4 Å². The van der Waals surface area contributed by atoms with Gasteiger partial charge in [0.2, 0.25) is 21.2 Å². The number of anilines is 1. The minimum atomic E-state index is -4.17. The number of aryl methyl sites for hydroxylation is 2. The molecule has 34 heavy (non-hydrogen) atoms. The Bertz CT molecular complexity index is 1540. The predicted octanol–water partition coefficient (Wildman–Crippen LogP) is 3.49. The van der Waals surface area contributed by atoms with E-state index in [1.54, 1.807) is 25.1 Å². The van der Waals surface area contributed by atoms with Crippen LogP contribution >= 0.6 is 0 Å². The topological polar surface area (TPSA) is 107 Å². The molecule has 0 aliphatic carbocycles. The second kappa shape index (κ2) is 9.11. The van der Waals surface area contributed by atoms with Gasteiger partial charge in [-0.15, -0.1) is 0 Å². The number of ether oxygens (including phenoxy) is 1. The van der Waals surface area contributed by atoms with Crippen molar-refractivity contribution in [1.29, 1.82) is 0 Å². The molecule has 2 heterocycles. The molecule has 0 saturated carbocycles. The molecule has 0 spiro atoms. The molecule has 2 aromatic carbocycles. The molecule has 0 aliphatic heterocycles. The molecule has 2 aromatic heterocycles. The molecule has 4 rings (SSSR count). The highest BCUT2D eigenvalue weighted by Crippen LogP contribution is 2.23. The Morgan fingerprint density at radius 2 is 1.68 bits per heavy atom. The lowest BCUT2D eigenvalue weighted by Gasteiger charge is -2.14. The van der Waals surface area contributed by atoms with Gasteiger partial charge < -0.3 is 14.6 Å². The summed E-state index contributed by atoms with van der Waals surface area (Å²) in [6.07, 6.45) is 1.19. The van der Waals surface area contributed by atoms with E-state index >= 15 is 0 Å². The smallest absolute Gasteiger partial charge is 0.244 e. The standard InChI is InChI=1S/C25H23N3O5S/c1-16-4-7-18(8-5-16)27-23(29)15-28-14-22(24(30)21-13-6-17(2)26-25(21)28)34(31,32)20-11-9-19(33-3)10-12-20/h4-14H,15H2,1-3H3,(H,27,29). The number of rotatable bonds is 6. The fraction of sp³-hybridized carbons (Fsp3) is 0.160. The number of nitrogens with one attached hydrogen (secondary N) is 1. The molecule has 0 atom stereocenters. The monoisotopic (exact) mass is 477 g/mol. The number of nitrogens with zero attached hydrogens (tertiary/aromatic N) is 2. The van der Waals surface area contributed by atoms with Crippen LogP contribution in [-0.4, -0.2) is 31.0 Å². The van der Waals surface area contributed by atoms with Gasteiger partial charge in [0.25, 0.3) is 0 Å². The fourth-order valence-electron chi connectivity index (χ4n) is 3.52. The van der Waals surface area contributed by atoms with Crippen molar-refractivity contribution < 1.29 is 17.9 Å².